The first-order valence-corrected chi connectivity index (χ1v) is 6.42. The smallest absolute Gasteiger partial charge is 0.183 e. The largest absolute Gasteiger partial charge is 0.376 e. The van der Waals surface area contributed by atoms with E-state index < -0.39 is 11.6 Å². The molecule has 19 heavy (non-hydrogen) atoms. The molecule has 1 saturated heterocycles. The molecule has 1 aliphatic heterocycles. The van der Waals surface area contributed by atoms with Gasteiger partial charge in [0.15, 0.2) is 11.6 Å². The first-order chi connectivity index (χ1) is 9.17. The number of hydrogen-bond donors (Lipinski definition) is 0. The Balaban J connectivity index is 2.23. The number of nitriles is 1. The molecule has 0 spiro atoms. The van der Waals surface area contributed by atoms with Crippen LogP contribution in [0.4, 0.5) is 14.5 Å². The van der Waals surface area contributed by atoms with Gasteiger partial charge in [-0.2, -0.15) is 5.26 Å². The third-order valence-electron chi connectivity index (χ3n) is 3.35. The van der Waals surface area contributed by atoms with Crippen LogP contribution in [0.15, 0.2) is 12.1 Å². The minimum atomic E-state index is -1.08. The second kappa shape index (κ2) is 5.98. The van der Waals surface area contributed by atoms with Crippen molar-refractivity contribution >= 4 is 5.69 Å². The standard InChI is InChI=1S/C14H16F2N2O/c1-2-18(9-11-4-3-7-19-11)12-6-5-10(8-17)13(15)14(12)16/h5-6,11H,2-4,7,9H2,1H3. The van der Waals surface area contributed by atoms with Gasteiger partial charge in [-0.1, -0.05) is 0 Å². The van der Waals surface area contributed by atoms with Crippen LogP contribution in [0, 0.1) is 23.0 Å². The summed E-state index contributed by atoms with van der Waals surface area (Å²) >= 11 is 0. The Morgan fingerprint density at radius 1 is 1.42 bits per heavy atom. The van der Waals surface area contributed by atoms with Gasteiger partial charge in [0, 0.05) is 19.7 Å². The van der Waals surface area contributed by atoms with Gasteiger partial charge in [0.25, 0.3) is 0 Å². The van der Waals surface area contributed by atoms with Gasteiger partial charge in [-0.3, -0.25) is 0 Å². The average molecular weight is 266 g/mol. The molecule has 3 nitrogen and oxygen atoms in total. The lowest BCUT2D eigenvalue weighted by atomic mass is 10.1. The number of rotatable bonds is 4. The second-order valence-corrected chi connectivity index (χ2v) is 4.55. The van der Waals surface area contributed by atoms with Crippen molar-refractivity contribution in [2.24, 2.45) is 0 Å². The van der Waals surface area contributed by atoms with Crippen LogP contribution in [-0.4, -0.2) is 25.8 Å². The molecule has 102 valence electrons. The number of ether oxygens (including phenoxy) is 1. The van der Waals surface area contributed by atoms with E-state index in [-0.39, 0.29) is 17.4 Å². The molecule has 1 aromatic rings. The van der Waals surface area contributed by atoms with Gasteiger partial charge in [0.05, 0.1) is 17.4 Å². The summed E-state index contributed by atoms with van der Waals surface area (Å²) < 4.78 is 33.1. The molecule has 0 bridgehead atoms. The molecule has 0 N–H and O–H groups in total. The van der Waals surface area contributed by atoms with Crippen molar-refractivity contribution in [1.82, 2.24) is 0 Å². The fraction of sp³-hybridized carbons (Fsp3) is 0.500. The lowest BCUT2D eigenvalue weighted by Gasteiger charge is -2.26. The van der Waals surface area contributed by atoms with Gasteiger partial charge in [0.2, 0.25) is 0 Å². The Labute approximate surface area is 111 Å². The number of halogens is 2. The molecule has 0 radical (unpaired) electrons. The van der Waals surface area contributed by atoms with Crippen LogP contribution in [0.2, 0.25) is 0 Å². The van der Waals surface area contributed by atoms with Gasteiger partial charge in [-0.25, -0.2) is 8.78 Å². The number of hydrogen-bond acceptors (Lipinski definition) is 3. The van der Waals surface area contributed by atoms with Crippen molar-refractivity contribution in [3.8, 4) is 6.07 Å². The van der Waals surface area contributed by atoms with E-state index in [4.69, 9.17) is 10.00 Å². The van der Waals surface area contributed by atoms with E-state index in [9.17, 15) is 8.78 Å². The van der Waals surface area contributed by atoms with E-state index in [1.807, 2.05) is 6.92 Å². The molecule has 1 atom stereocenters. The van der Waals surface area contributed by atoms with E-state index in [1.165, 1.54) is 12.1 Å². The van der Waals surface area contributed by atoms with Crippen molar-refractivity contribution in [2.75, 3.05) is 24.6 Å². The van der Waals surface area contributed by atoms with Crippen LogP contribution >= 0.6 is 0 Å². The summed E-state index contributed by atoms with van der Waals surface area (Å²) in [6.07, 6.45) is 2.02. The molecular weight excluding hydrogens is 250 g/mol. The van der Waals surface area contributed by atoms with Crippen LogP contribution in [-0.2, 0) is 4.74 Å². The lowest BCUT2D eigenvalue weighted by Crippen LogP contribution is -2.32. The monoisotopic (exact) mass is 266 g/mol. The van der Waals surface area contributed by atoms with Gasteiger partial charge in [-0.15, -0.1) is 0 Å². The maximum absolute atomic E-state index is 14.0. The zero-order valence-corrected chi connectivity index (χ0v) is 10.8. The van der Waals surface area contributed by atoms with Gasteiger partial charge < -0.3 is 9.64 Å². The summed E-state index contributed by atoms with van der Waals surface area (Å²) in [5, 5.41) is 8.67. The predicted octanol–water partition coefficient (Wildman–Crippen LogP) is 2.84. The van der Waals surface area contributed by atoms with E-state index >= 15 is 0 Å². The molecule has 0 aromatic heterocycles. The van der Waals surface area contributed by atoms with E-state index in [0.717, 1.165) is 19.4 Å². The Hall–Kier alpha value is -1.67. The quantitative estimate of drug-likeness (QED) is 0.840. The molecule has 5 heteroatoms. The van der Waals surface area contributed by atoms with Crippen molar-refractivity contribution in [3.05, 3.63) is 29.3 Å². The SMILES string of the molecule is CCN(CC1CCCO1)c1ccc(C#N)c(F)c1F. The Bertz CT molecular complexity index is 493. The summed E-state index contributed by atoms with van der Waals surface area (Å²) in [6.45, 7) is 3.71. The molecule has 1 unspecified atom stereocenters. The minimum Gasteiger partial charge on any atom is -0.376 e. The highest BCUT2D eigenvalue weighted by molar-refractivity contribution is 5.52. The molecule has 1 aliphatic rings. The maximum atomic E-state index is 14.0. The van der Waals surface area contributed by atoms with Crippen molar-refractivity contribution in [3.63, 3.8) is 0 Å². The summed E-state index contributed by atoms with van der Waals surface area (Å²) in [7, 11) is 0. The first-order valence-electron chi connectivity index (χ1n) is 6.42. The Morgan fingerprint density at radius 3 is 2.79 bits per heavy atom. The number of nitrogens with zero attached hydrogens (tertiary/aromatic N) is 2. The third-order valence-corrected chi connectivity index (χ3v) is 3.35. The summed E-state index contributed by atoms with van der Waals surface area (Å²) in [4.78, 5) is 1.75. The minimum absolute atomic E-state index is 0.0676. The predicted molar refractivity (Wildman–Crippen MR) is 67.9 cm³/mol. The van der Waals surface area contributed by atoms with Gasteiger partial charge in [-0.05, 0) is 31.9 Å². The first kappa shape index (κ1) is 13.8. The molecule has 0 amide bonds. The van der Waals surface area contributed by atoms with Crippen molar-refractivity contribution < 1.29 is 13.5 Å². The summed E-state index contributed by atoms with van der Waals surface area (Å²) in [6, 6.07) is 4.40. The molecule has 0 aliphatic carbocycles. The topological polar surface area (TPSA) is 36.3 Å². The van der Waals surface area contributed by atoms with Crippen LogP contribution < -0.4 is 4.90 Å². The fourth-order valence-electron chi connectivity index (χ4n) is 2.30. The van der Waals surface area contributed by atoms with E-state index in [1.54, 1.807) is 11.0 Å². The molecule has 0 saturated carbocycles. The molecule has 1 fully saturated rings. The number of likely N-dealkylation sites (N-methyl/N-ethyl adjacent to an activating group) is 1. The normalized spacial score (nSPS) is 18.3. The number of benzene rings is 1. The van der Waals surface area contributed by atoms with Gasteiger partial charge in [0.1, 0.15) is 6.07 Å². The molecular formula is C14H16F2N2O. The Kier molecular flexibility index (Phi) is 4.33. The van der Waals surface area contributed by atoms with Crippen LogP contribution in [0.3, 0.4) is 0 Å². The van der Waals surface area contributed by atoms with E-state index in [0.29, 0.717) is 13.1 Å². The molecule has 1 heterocycles. The van der Waals surface area contributed by atoms with Crippen molar-refractivity contribution in [2.45, 2.75) is 25.9 Å². The zero-order valence-electron chi connectivity index (χ0n) is 10.8. The van der Waals surface area contributed by atoms with Crippen LogP contribution in [0.1, 0.15) is 25.3 Å². The van der Waals surface area contributed by atoms with E-state index in [2.05, 4.69) is 0 Å². The fourth-order valence-corrected chi connectivity index (χ4v) is 2.30. The highest BCUT2D eigenvalue weighted by atomic mass is 19.2. The average Bonchev–Trinajstić information content (AvgIpc) is 2.92. The summed E-state index contributed by atoms with van der Waals surface area (Å²) in [5.74, 6) is -2.04. The highest BCUT2D eigenvalue weighted by Gasteiger charge is 2.22. The molecule has 1 aromatic carbocycles. The highest BCUT2D eigenvalue weighted by Crippen LogP contribution is 2.25. The Morgan fingerprint density at radius 2 is 2.21 bits per heavy atom. The number of anilines is 1. The third kappa shape index (κ3) is 2.85. The zero-order chi connectivity index (χ0) is 13.8. The van der Waals surface area contributed by atoms with Crippen LogP contribution in [0.25, 0.3) is 0 Å². The molecule has 2 rings (SSSR count). The van der Waals surface area contributed by atoms with Crippen LogP contribution in [0.5, 0.6) is 0 Å². The second-order valence-electron chi connectivity index (χ2n) is 4.55. The van der Waals surface area contributed by atoms with Gasteiger partial charge >= 0.3 is 0 Å². The van der Waals surface area contributed by atoms with Crippen molar-refractivity contribution in [1.29, 1.82) is 5.26 Å². The lowest BCUT2D eigenvalue weighted by molar-refractivity contribution is 0.115. The maximum Gasteiger partial charge on any atom is 0.183 e. The summed E-state index contributed by atoms with van der Waals surface area (Å²) in [5.41, 5.74) is -0.0797.